The summed E-state index contributed by atoms with van der Waals surface area (Å²) in [4.78, 5) is 20.5. The third-order valence-corrected chi connectivity index (χ3v) is 2.94. The summed E-state index contributed by atoms with van der Waals surface area (Å²) in [5.41, 5.74) is 2.76. The third-order valence-electron chi connectivity index (χ3n) is 2.94. The van der Waals surface area contributed by atoms with Crippen molar-refractivity contribution in [2.24, 2.45) is 0 Å². The van der Waals surface area contributed by atoms with Gasteiger partial charge in [-0.3, -0.25) is 0 Å². The first kappa shape index (κ1) is 15.0. The molecular formula is C16H18N2O3. The number of esters is 1. The molecule has 0 saturated carbocycles. The summed E-state index contributed by atoms with van der Waals surface area (Å²) >= 11 is 0. The number of aromatic nitrogens is 2. The van der Waals surface area contributed by atoms with E-state index in [1.165, 1.54) is 6.20 Å². The van der Waals surface area contributed by atoms with Crippen LogP contribution in [0.15, 0.2) is 30.5 Å². The molecule has 110 valence electrons. The molecule has 1 aromatic heterocycles. The van der Waals surface area contributed by atoms with E-state index in [9.17, 15) is 4.79 Å². The van der Waals surface area contributed by atoms with Crippen LogP contribution in [0.3, 0.4) is 0 Å². The Balaban J connectivity index is 2.56. The third kappa shape index (κ3) is 3.37. The van der Waals surface area contributed by atoms with Gasteiger partial charge in [0, 0.05) is 11.8 Å². The van der Waals surface area contributed by atoms with Crippen molar-refractivity contribution in [3.8, 4) is 17.3 Å². The second kappa shape index (κ2) is 6.83. The summed E-state index contributed by atoms with van der Waals surface area (Å²) in [5.74, 6) is -0.432. The molecule has 0 saturated heterocycles. The summed E-state index contributed by atoms with van der Waals surface area (Å²) in [5, 5.41) is 0. The molecule has 21 heavy (non-hydrogen) atoms. The van der Waals surface area contributed by atoms with Crippen LogP contribution in [-0.4, -0.2) is 29.2 Å². The minimum absolute atomic E-state index is 0.254. The van der Waals surface area contributed by atoms with Crippen molar-refractivity contribution >= 4 is 5.97 Å². The highest BCUT2D eigenvalue weighted by molar-refractivity contribution is 5.96. The Morgan fingerprint density at radius 3 is 2.62 bits per heavy atom. The second-order valence-corrected chi connectivity index (χ2v) is 4.38. The van der Waals surface area contributed by atoms with E-state index in [2.05, 4.69) is 9.97 Å². The number of rotatable bonds is 5. The maximum Gasteiger partial charge on any atom is 0.341 e. The van der Waals surface area contributed by atoms with Crippen LogP contribution in [0.5, 0.6) is 6.01 Å². The van der Waals surface area contributed by atoms with Gasteiger partial charge in [0.2, 0.25) is 0 Å². The molecule has 1 aromatic carbocycles. The summed E-state index contributed by atoms with van der Waals surface area (Å²) in [6.07, 6.45) is 1.46. The number of ether oxygens (including phenoxy) is 2. The fourth-order valence-electron chi connectivity index (χ4n) is 1.97. The molecule has 0 spiro atoms. The molecule has 0 unspecified atom stereocenters. The molecule has 2 rings (SSSR count). The van der Waals surface area contributed by atoms with E-state index in [1.54, 1.807) is 6.92 Å². The highest BCUT2D eigenvalue weighted by atomic mass is 16.5. The number of carbonyl (C=O) groups excluding carboxylic acids is 1. The summed E-state index contributed by atoms with van der Waals surface area (Å²) in [6, 6.07) is 7.97. The van der Waals surface area contributed by atoms with Crippen molar-refractivity contribution in [2.45, 2.75) is 20.8 Å². The number of carbonyl (C=O) groups is 1. The van der Waals surface area contributed by atoms with Crippen molar-refractivity contribution in [2.75, 3.05) is 13.2 Å². The molecular weight excluding hydrogens is 268 g/mol. The van der Waals surface area contributed by atoms with Gasteiger partial charge in [-0.2, -0.15) is 4.98 Å². The number of hydrogen-bond donors (Lipinski definition) is 0. The van der Waals surface area contributed by atoms with Crippen LogP contribution >= 0.6 is 0 Å². The average molecular weight is 286 g/mol. The van der Waals surface area contributed by atoms with Gasteiger partial charge < -0.3 is 9.47 Å². The molecule has 0 N–H and O–H groups in total. The van der Waals surface area contributed by atoms with Gasteiger partial charge in [0.05, 0.1) is 18.9 Å². The molecule has 0 amide bonds. The fraction of sp³-hybridized carbons (Fsp3) is 0.312. The normalized spacial score (nSPS) is 10.2. The zero-order chi connectivity index (χ0) is 15.2. The highest BCUT2D eigenvalue weighted by Crippen LogP contribution is 2.26. The van der Waals surface area contributed by atoms with Crippen molar-refractivity contribution < 1.29 is 14.3 Å². The van der Waals surface area contributed by atoms with Crippen molar-refractivity contribution in [1.82, 2.24) is 9.97 Å². The Morgan fingerprint density at radius 1 is 1.19 bits per heavy atom. The van der Waals surface area contributed by atoms with E-state index in [0.29, 0.717) is 24.5 Å². The molecule has 0 aliphatic heterocycles. The van der Waals surface area contributed by atoms with E-state index in [0.717, 1.165) is 11.1 Å². The Morgan fingerprint density at radius 2 is 1.95 bits per heavy atom. The minimum Gasteiger partial charge on any atom is -0.464 e. The van der Waals surface area contributed by atoms with Crippen LogP contribution in [0.25, 0.3) is 11.3 Å². The van der Waals surface area contributed by atoms with Crippen LogP contribution < -0.4 is 4.74 Å². The summed E-state index contributed by atoms with van der Waals surface area (Å²) < 4.78 is 10.4. The minimum atomic E-state index is -0.432. The van der Waals surface area contributed by atoms with Gasteiger partial charge in [-0.1, -0.05) is 24.3 Å². The zero-order valence-corrected chi connectivity index (χ0v) is 12.4. The van der Waals surface area contributed by atoms with Gasteiger partial charge in [0.25, 0.3) is 0 Å². The van der Waals surface area contributed by atoms with Crippen LogP contribution in [0, 0.1) is 6.92 Å². The van der Waals surface area contributed by atoms with E-state index >= 15 is 0 Å². The predicted octanol–water partition coefficient (Wildman–Crippen LogP) is 3.03. The zero-order valence-electron chi connectivity index (χ0n) is 12.4. The molecule has 0 aliphatic carbocycles. The quantitative estimate of drug-likeness (QED) is 0.791. The lowest BCUT2D eigenvalue weighted by atomic mass is 10.0. The average Bonchev–Trinajstić information content (AvgIpc) is 2.48. The maximum atomic E-state index is 12.1. The lowest BCUT2D eigenvalue weighted by Crippen LogP contribution is -2.10. The SMILES string of the molecule is CCOC(=O)c1cnc(OCC)nc1-c1ccccc1C. The van der Waals surface area contributed by atoms with Gasteiger partial charge >= 0.3 is 12.0 Å². The van der Waals surface area contributed by atoms with Crippen LogP contribution in [0.2, 0.25) is 0 Å². The van der Waals surface area contributed by atoms with Crippen LogP contribution in [0.1, 0.15) is 29.8 Å². The first-order valence-electron chi connectivity index (χ1n) is 6.90. The standard InChI is InChI=1S/C16H18N2O3/c1-4-20-15(19)13-10-17-16(21-5-2)18-14(13)12-9-7-6-8-11(12)3/h6-10H,4-5H2,1-3H3. The van der Waals surface area contributed by atoms with Gasteiger partial charge in [-0.05, 0) is 26.3 Å². The van der Waals surface area contributed by atoms with E-state index in [1.807, 2.05) is 38.1 Å². The lowest BCUT2D eigenvalue weighted by Gasteiger charge is -2.11. The smallest absolute Gasteiger partial charge is 0.341 e. The number of benzene rings is 1. The fourth-order valence-corrected chi connectivity index (χ4v) is 1.97. The van der Waals surface area contributed by atoms with Crippen molar-refractivity contribution in [3.05, 3.63) is 41.6 Å². The number of nitrogens with zero attached hydrogens (tertiary/aromatic N) is 2. The largest absolute Gasteiger partial charge is 0.464 e. The monoisotopic (exact) mass is 286 g/mol. The van der Waals surface area contributed by atoms with Gasteiger partial charge in [0.15, 0.2) is 0 Å². The van der Waals surface area contributed by atoms with E-state index in [4.69, 9.17) is 9.47 Å². The molecule has 5 heteroatoms. The van der Waals surface area contributed by atoms with Crippen LogP contribution in [-0.2, 0) is 4.74 Å². The first-order chi connectivity index (χ1) is 10.2. The molecule has 2 aromatic rings. The highest BCUT2D eigenvalue weighted by Gasteiger charge is 2.18. The Bertz CT molecular complexity index is 641. The first-order valence-corrected chi connectivity index (χ1v) is 6.90. The molecule has 5 nitrogen and oxygen atoms in total. The molecule has 0 fully saturated rings. The molecule has 0 radical (unpaired) electrons. The topological polar surface area (TPSA) is 61.3 Å². The number of aryl methyl sites for hydroxylation is 1. The Labute approximate surface area is 124 Å². The lowest BCUT2D eigenvalue weighted by molar-refractivity contribution is 0.0526. The Kier molecular flexibility index (Phi) is 4.87. The predicted molar refractivity (Wildman–Crippen MR) is 79.3 cm³/mol. The maximum absolute atomic E-state index is 12.1. The van der Waals surface area contributed by atoms with E-state index < -0.39 is 5.97 Å². The van der Waals surface area contributed by atoms with Crippen molar-refractivity contribution in [3.63, 3.8) is 0 Å². The van der Waals surface area contributed by atoms with Gasteiger partial charge in [-0.15, -0.1) is 0 Å². The van der Waals surface area contributed by atoms with E-state index in [-0.39, 0.29) is 6.01 Å². The number of hydrogen-bond acceptors (Lipinski definition) is 5. The van der Waals surface area contributed by atoms with Gasteiger partial charge in [-0.25, -0.2) is 9.78 Å². The molecule has 1 heterocycles. The molecule has 0 bridgehead atoms. The van der Waals surface area contributed by atoms with Gasteiger partial charge in [0.1, 0.15) is 5.56 Å². The summed E-state index contributed by atoms with van der Waals surface area (Å²) in [6.45, 7) is 6.36. The van der Waals surface area contributed by atoms with Crippen LogP contribution in [0.4, 0.5) is 0 Å². The second-order valence-electron chi connectivity index (χ2n) is 4.38. The molecule has 0 aliphatic rings. The summed E-state index contributed by atoms with van der Waals surface area (Å²) in [7, 11) is 0. The van der Waals surface area contributed by atoms with Crippen molar-refractivity contribution in [1.29, 1.82) is 0 Å². The Hall–Kier alpha value is -2.43. The molecule has 0 atom stereocenters.